The molecule has 0 aromatic carbocycles. The van der Waals surface area contributed by atoms with Gasteiger partial charge >= 0.3 is 11.9 Å². The zero-order valence-electron chi connectivity index (χ0n) is 27.9. The molecule has 0 aromatic heterocycles. The van der Waals surface area contributed by atoms with Crippen LogP contribution in [0, 0.1) is 0 Å². The quantitative estimate of drug-likeness (QED) is 0.0686. The van der Waals surface area contributed by atoms with E-state index in [9.17, 15) is 81.1 Å². The third-order valence-electron chi connectivity index (χ3n) is 9.58. The zero-order chi connectivity index (χ0) is 39.5. The Kier molecular flexibility index (Phi) is 15.2. The van der Waals surface area contributed by atoms with Crippen molar-refractivity contribution in [1.82, 2.24) is 0 Å². The first-order valence-corrected chi connectivity index (χ1v) is 16.8. The number of aliphatic hydroxyl groups is 12. The Morgan fingerprint density at radius 3 is 1.72 bits per heavy atom. The van der Waals surface area contributed by atoms with Gasteiger partial charge in [-0.15, -0.1) is 0 Å². The van der Waals surface area contributed by atoms with Gasteiger partial charge in [-0.05, 0) is 19.4 Å². The molecule has 24 nitrogen and oxygen atoms in total. The first-order chi connectivity index (χ1) is 24.9. The van der Waals surface area contributed by atoms with Crippen molar-refractivity contribution >= 4 is 11.9 Å². The topological polar surface area (TPSA) is 408 Å². The van der Waals surface area contributed by atoms with E-state index >= 15 is 0 Å². The summed E-state index contributed by atoms with van der Waals surface area (Å²) < 4.78 is 38.2. The van der Waals surface area contributed by atoms with Gasteiger partial charge in [-0.25, -0.2) is 9.59 Å². The Balaban J connectivity index is 1.57. The Labute approximate surface area is 300 Å². The van der Waals surface area contributed by atoms with Crippen LogP contribution in [0.5, 0.6) is 0 Å². The van der Waals surface area contributed by atoms with Gasteiger partial charge in [0.05, 0.1) is 13.2 Å². The number of carboxylic acids is 2. The van der Waals surface area contributed by atoms with E-state index in [0.29, 0.717) is 12.8 Å². The normalized spacial score (nSPS) is 48.0. The second-order valence-corrected chi connectivity index (χ2v) is 13.2. The monoisotopic (exact) mass is 779 g/mol. The Morgan fingerprint density at radius 1 is 0.566 bits per heavy atom. The highest BCUT2D eigenvalue weighted by Gasteiger charge is 2.60. The van der Waals surface area contributed by atoms with Gasteiger partial charge in [0.25, 0.3) is 0 Å². The van der Waals surface area contributed by atoms with Gasteiger partial charge in [-0.2, -0.15) is 0 Å². The minimum absolute atomic E-state index is 0.127. The summed E-state index contributed by atoms with van der Waals surface area (Å²) in [6.07, 6.45) is -38.5. The molecule has 4 fully saturated rings. The van der Waals surface area contributed by atoms with Crippen molar-refractivity contribution in [2.75, 3.05) is 19.8 Å². The average Bonchev–Trinajstić information content (AvgIpc) is 3.12. The first kappa shape index (κ1) is 43.9. The minimum Gasteiger partial charge on any atom is -0.479 e. The van der Waals surface area contributed by atoms with Crippen LogP contribution in [-0.2, 0) is 42.7 Å². The molecule has 16 N–H and O–H groups in total. The van der Waals surface area contributed by atoms with Crippen LogP contribution in [0.1, 0.15) is 25.7 Å². The molecule has 308 valence electrons. The zero-order valence-corrected chi connectivity index (χ0v) is 27.9. The molecular formula is C29H49NO23. The molecule has 4 rings (SSSR count). The summed E-state index contributed by atoms with van der Waals surface area (Å²) in [7, 11) is 0. The number of aliphatic carboxylic acids is 2. The molecule has 0 aromatic rings. The van der Waals surface area contributed by atoms with E-state index in [1.807, 2.05) is 0 Å². The van der Waals surface area contributed by atoms with Crippen molar-refractivity contribution in [3.8, 4) is 0 Å². The van der Waals surface area contributed by atoms with Gasteiger partial charge in [0.1, 0.15) is 85.5 Å². The van der Waals surface area contributed by atoms with Crippen LogP contribution < -0.4 is 5.73 Å². The molecule has 4 unspecified atom stereocenters. The molecule has 0 bridgehead atoms. The molecule has 24 heteroatoms. The van der Waals surface area contributed by atoms with Crippen LogP contribution in [0.25, 0.3) is 0 Å². The lowest BCUT2D eigenvalue weighted by molar-refractivity contribution is -0.411. The third kappa shape index (κ3) is 9.08. The lowest BCUT2D eigenvalue weighted by Gasteiger charge is -2.52. The fourth-order valence-electron chi connectivity index (χ4n) is 6.55. The predicted octanol–water partition coefficient (Wildman–Crippen LogP) is -8.67. The molecule has 4 heterocycles. The number of hydrogen-bond acceptors (Lipinski definition) is 22. The van der Waals surface area contributed by atoms with E-state index in [-0.39, 0.29) is 19.4 Å². The molecular weight excluding hydrogens is 730 g/mol. The Bertz CT molecular complexity index is 1200. The number of hydrogen-bond donors (Lipinski definition) is 15. The second-order valence-electron chi connectivity index (χ2n) is 13.2. The molecule has 4 saturated heterocycles. The van der Waals surface area contributed by atoms with Crippen molar-refractivity contribution in [2.45, 2.75) is 148 Å². The summed E-state index contributed by atoms with van der Waals surface area (Å²) in [5.74, 6) is -6.08. The van der Waals surface area contributed by atoms with Crippen LogP contribution in [0.15, 0.2) is 0 Å². The third-order valence-corrected chi connectivity index (χ3v) is 9.58. The maximum atomic E-state index is 12.0. The van der Waals surface area contributed by atoms with Gasteiger partial charge in [0, 0.05) is 6.42 Å². The summed E-state index contributed by atoms with van der Waals surface area (Å²) in [4.78, 5) is 23.9. The van der Waals surface area contributed by atoms with Crippen LogP contribution in [0.4, 0.5) is 0 Å². The summed E-state index contributed by atoms with van der Waals surface area (Å²) in [5.41, 5.74) is 5.53. The molecule has 20 atom stereocenters. The van der Waals surface area contributed by atoms with E-state index in [4.69, 9.17) is 38.9 Å². The number of unbranched alkanes of at least 4 members (excludes halogenated alkanes) is 2. The summed E-state index contributed by atoms with van der Waals surface area (Å²) in [5, 5.41) is 146. The molecule has 4 aliphatic rings. The van der Waals surface area contributed by atoms with Gasteiger partial charge in [-0.3, -0.25) is 0 Å². The maximum Gasteiger partial charge on any atom is 0.335 e. The number of carboxylic acid groups (broad SMARTS) is 2. The van der Waals surface area contributed by atoms with Crippen molar-refractivity contribution in [3.63, 3.8) is 0 Å². The number of carbonyl (C=O) groups is 2. The molecule has 0 radical (unpaired) electrons. The highest BCUT2D eigenvalue weighted by atomic mass is 16.8. The van der Waals surface area contributed by atoms with Crippen molar-refractivity contribution in [1.29, 1.82) is 0 Å². The van der Waals surface area contributed by atoms with Gasteiger partial charge < -0.3 is 110 Å². The first-order valence-electron chi connectivity index (χ1n) is 16.8. The standard InChI is InChI=1S/C29H49NO23/c30-5-3-1-2-4-29(23(42)14(37)12(35)22(53-29)25(45)46)52-19-9(7-32)48-26(16(39)13(19)36)49-20-17(40)21(24(43)44)50-28(18(20)41)51-27-15(38)11(34)10(33)8(6-31)47-27/h8-23,26-28,31-42H,1-7,30H2,(H,43,44)(H,45,46)/t8-,9-,10-,11+,12+,13-,14+,15-,16-,17+,18-,19-,20+,21+,22+,23-,26?,27?,28?,29?/m1/s1. The van der Waals surface area contributed by atoms with Gasteiger partial charge in [-0.1, -0.05) is 6.42 Å². The maximum absolute atomic E-state index is 12.0. The molecule has 0 spiro atoms. The second kappa shape index (κ2) is 18.4. The highest BCUT2D eigenvalue weighted by molar-refractivity contribution is 5.74. The molecule has 53 heavy (non-hydrogen) atoms. The van der Waals surface area contributed by atoms with Gasteiger partial charge in [0.15, 0.2) is 36.9 Å². The van der Waals surface area contributed by atoms with Crippen LogP contribution >= 0.6 is 0 Å². The Morgan fingerprint density at radius 2 is 1.13 bits per heavy atom. The van der Waals surface area contributed by atoms with Crippen LogP contribution in [-0.4, -0.2) is 226 Å². The van der Waals surface area contributed by atoms with E-state index in [0.717, 1.165) is 0 Å². The SMILES string of the molecule is NCCCCCC1(O[C@H]2[C@H](O)[C@@H](O)C(O[C@H]3[C@H](O)[C@@H](C(=O)O)OC(OC4O[C@H](CO)[C@@H](O)[C@H](O)[C@H]4O)[C@@H]3O)O[C@@H]2CO)O[C@H](C(=O)O)[C@@H](O)[C@H](O)[C@H]1O. The molecule has 4 aliphatic heterocycles. The average molecular weight is 780 g/mol. The van der Waals surface area contributed by atoms with Gasteiger partial charge in [0.2, 0.25) is 0 Å². The largest absolute Gasteiger partial charge is 0.479 e. The lowest BCUT2D eigenvalue weighted by atomic mass is 9.88. The van der Waals surface area contributed by atoms with E-state index in [1.54, 1.807) is 0 Å². The smallest absolute Gasteiger partial charge is 0.335 e. The number of rotatable bonds is 15. The molecule has 0 saturated carbocycles. The fraction of sp³-hybridized carbons (Fsp3) is 0.931. The van der Waals surface area contributed by atoms with Crippen molar-refractivity contribution in [2.24, 2.45) is 5.73 Å². The summed E-state index contributed by atoms with van der Waals surface area (Å²) in [6.45, 7) is -1.67. The molecule has 0 amide bonds. The number of aliphatic hydroxyl groups excluding tert-OH is 12. The van der Waals surface area contributed by atoms with E-state index < -0.39 is 147 Å². The van der Waals surface area contributed by atoms with E-state index in [2.05, 4.69) is 0 Å². The lowest BCUT2D eigenvalue weighted by Crippen LogP contribution is -2.71. The minimum atomic E-state index is -2.50. The Hall–Kier alpha value is -1.86. The highest BCUT2D eigenvalue weighted by Crippen LogP contribution is 2.40. The predicted molar refractivity (Wildman–Crippen MR) is 161 cm³/mol. The van der Waals surface area contributed by atoms with E-state index in [1.165, 1.54) is 0 Å². The molecule has 0 aliphatic carbocycles. The fourth-order valence-corrected chi connectivity index (χ4v) is 6.55. The van der Waals surface area contributed by atoms with Crippen molar-refractivity contribution < 1.29 is 114 Å². The van der Waals surface area contributed by atoms with Crippen molar-refractivity contribution in [3.05, 3.63) is 0 Å². The summed E-state index contributed by atoms with van der Waals surface area (Å²) in [6, 6.07) is 0. The van der Waals surface area contributed by atoms with Crippen LogP contribution in [0.3, 0.4) is 0 Å². The van der Waals surface area contributed by atoms with Crippen LogP contribution in [0.2, 0.25) is 0 Å². The summed E-state index contributed by atoms with van der Waals surface area (Å²) >= 11 is 0. The number of ether oxygens (including phenoxy) is 7. The number of nitrogens with two attached hydrogens (primary N) is 1.